The molecule has 0 aromatic heterocycles. The maximum absolute atomic E-state index is 5.42. The second-order valence-corrected chi connectivity index (χ2v) is 6.66. The lowest BCUT2D eigenvalue weighted by Crippen LogP contribution is -2.36. The first kappa shape index (κ1) is 20.8. The highest BCUT2D eigenvalue weighted by atomic mass is 16.5. The van der Waals surface area contributed by atoms with Crippen molar-refractivity contribution >= 4 is 17.3 Å². The molecule has 2 aromatic rings. The monoisotopic (exact) mass is 398 g/mol. The van der Waals surface area contributed by atoms with E-state index >= 15 is 0 Å². The molecule has 0 aliphatic carbocycles. The molecule has 7 nitrogen and oxygen atoms in total. The van der Waals surface area contributed by atoms with Gasteiger partial charge in [0, 0.05) is 37.1 Å². The van der Waals surface area contributed by atoms with Gasteiger partial charge in [-0.1, -0.05) is 12.1 Å². The van der Waals surface area contributed by atoms with Gasteiger partial charge in [-0.15, -0.1) is 0 Å². The van der Waals surface area contributed by atoms with Crippen molar-refractivity contribution in [2.45, 2.75) is 13.5 Å². The molecule has 156 valence electrons. The number of benzene rings is 2. The molecule has 0 unspecified atom stereocenters. The fourth-order valence-corrected chi connectivity index (χ4v) is 3.16. The van der Waals surface area contributed by atoms with Crippen molar-refractivity contribution in [3.05, 3.63) is 48.0 Å². The van der Waals surface area contributed by atoms with Crippen LogP contribution in [0.3, 0.4) is 0 Å². The first-order valence-electron chi connectivity index (χ1n) is 9.92. The molecule has 0 amide bonds. The number of nitrogens with one attached hydrogen (secondary N) is 2. The molecule has 2 N–H and O–H groups in total. The van der Waals surface area contributed by atoms with Crippen LogP contribution in [0.4, 0.5) is 11.4 Å². The molecular formula is C22H30N4O3. The Labute approximate surface area is 172 Å². The number of nitrogens with zero attached hydrogens (tertiary/aromatic N) is 2. The van der Waals surface area contributed by atoms with Gasteiger partial charge < -0.3 is 29.7 Å². The summed E-state index contributed by atoms with van der Waals surface area (Å²) < 4.78 is 16.1. The van der Waals surface area contributed by atoms with Crippen molar-refractivity contribution in [1.82, 2.24) is 5.32 Å². The number of anilines is 2. The molecule has 0 atom stereocenters. The third-order valence-corrected chi connectivity index (χ3v) is 4.72. The molecule has 2 aromatic carbocycles. The number of ether oxygens (including phenoxy) is 3. The number of aliphatic imine (C=N–C) groups is 1. The van der Waals surface area contributed by atoms with Gasteiger partial charge in [-0.3, -0.25) is 0 Å². The van der Waals surface area contributed by atoms with Crippen molar-refractivity contribution in [2.75, 3.05) is 57.3 Å². The van der Waals surface area contributed by atoms with Crippen LogP contribution < -0.4 is 25.0 Å². The largest absolute Gasteiger partial charge is 0.493 e. The molecule has 0 bridgehead atoms. The fraction of sp³-hybridized carbons (Fsp3) is 0.409. The Hall–Kier alpha value is -2.93. The third kappa shape index (κ3) is 5.77. The zero-order chi connectivity index (χ0) is 20.5. The summed E-state index contributed by atoms with van der Waals surface area (Å²) in [5, 5.41) is 6.60. The molecule has 3 rings (SSSR count). The smallest absolute Gasteiger partial charge is 0.196 e. The quantitative estimate of drug-likeness (QED) is 0.552. The zero-order valence-corrected chi connectivity index (χ0v) is 17.4. The van der Waals surface area contributed by atoms with Crippen LogP contribution in [-0.4, -0.2) is 53.0 Å². The summed E-state index contributed by atoms with van der Waals surface area (Å²) in [6, 6.07) is 14.3. The van der Waals surface area contributed by atoms with Gasteiger partial charge in [-0.25, -0.2) is 4.99 Å². The first-order chi connectivity index (χ1) is 14.2. The minimum atomic E-state index is 0.589. The Morgan fingerprint density at radius 2 is 1.76 bits per heavy atom. The summed E-state index contributed by atoms with van der Waals surface area (Å²) in [7, 11) is 3.25. The van der Waals surface area contributed by atoms with Crippen molar-refractivity contribution in [2.24, 2.45) is 4.99 Å². The molecular weight excluding hydrogens is 368 g/mol. The number of methoxy groups -OCH3 is 2. The van der Waals surface area contributed by atoms with Crippen molar-refractivity contribution in [3.63, 3.8) is 0 Å². The topological polar surface area (TPSA) is 67.4 Å². The Kier molecular flexibility index (Phi) is 7.58. The SMILES string of the molecule is CCNC(=NCc1ccc(N2CCOCC2)cc1)Nc1ccc(OC)c(OC)c1. The van der Waals surface area contributed by atoms with E-state index in [4.69, 9.17) is 19.2 Å². The molecule has 1 fully saturated rings. The zero-order valence-electron chi connectivity index (χ0n) is 17.4. The molecule has 7 heteroatoms. The van der Waals surface area contributed by atoms with Gasteiger partial charge in [0.05, 0.1) is 34.0 Å². The summed E-state index contributed by atoms with van der Waals surface area (Å²) in [4.78, 5) is 7.05. The summed E-state index contributed by atoms with van der Waals surface area (Å²) >= 11 is 0. The van der Waals surface area contributed by atoms with E-state index in [-0.39, 0.29) is 0 Å². The van der Waals surface area contributed by atoms with Gasteiger partial charge in [-0.05, 0) is 36.8 Å². The van der Waals surface area contributed by atoms with Crippen LogP contribution in [0.25, 0.3) is 0 Å². The average Bonchev–Trinajstić information content (AvgIpc) is 2.78. The standard InChI is InChI=1S/C22H30N4O3/c1-4-23-22(25-18-7-10-20(27-2)21(15-18)28-3)24-16-17-5-8-19(9-6-17)26-11-13-29-14-12-26/h5-10,15H,4,11-14,16H2,1-3H3,(H2,23,24,25). The maximum Gasteiger partial charge on any atom is 0.196 e. The molecule has 0 spiro atoms. The van der Waals surface area contributed by atoms with Gasteiger partial charge in [0.25, 0.3) is 0 Å². The molecule has 1 aliphatic rings. The van der Waals surface area contributed by atoms with Gasteiger partial charge in [0.2, 0.25) is 0 Å². The number of hydrogen-bond acceptors (Lipinski definition) is 5. The predicted molar refractivity (Wildman–Crippen MR) is 117 cm³/mol. The van der Waals surface area contributed by atoms with E-state index in [9.17, 15) is 0 Å². The average molecular weight is 399 g/mol. The third-order valence-electron chi connectivity index (χ3n) is 4.72. The second kappa shape index (κ2) is 10.6. The van der Waals surface area contributed by atoms with E-state index in [1.165, 1.54) is 5.69 Å². The van der Waals surface area contributed by atoms with Crippen LogP contribution in [0, 0.1) is 0 Å². The van der Waals surface area contributed by atoms with Gasteiger partial charge >= 0.3 is 0 Å². The lowest BCUT2D eigenvalue weighted by Gasteiger charge is -2.28. The highest BCUT2D eigenvalue weighted by Gasteiger charge is 2.11. The minimum Gasteiger partial charge on any atom is -0.493 e. The van der Waals surface area contributed by atoms with E-state index in [0.29, 0.717) is 18.0 Å². The van der Waals surface area contributed by atoms with E-state index in [0.717, 1.165) is 50.1 Å². The van der Waals surface area contributed by atoms with Gasteiger partial charge in [0.1, 0.15) is 0 Å². The molecule has 29 heavy (non-hydrogen) atoms. The Morgan fingerprint density at radius 1 is 1.03 bits per heavy atom. The van der Waals surface area contributed by atoms with E-state index in [2.05, 4.69) is 39.8 Å². The van der Waals surface area contributed by atoms with Crippen molar-refractivity contribution in [3.8, 4) is 11.5 Å². The van der Waals surface area contributed by atoms with Crippen LogP contribution in [0.1, 0.15) is 12.5 Å². The molecule has 0 saturated carbocycles. The van der Waals surface area contributed by atoms with Gasteiger partial charge in [-0.2, -0.15) is 0 Å². The van der Waals surface area contributed by atoms with Gasteiger partial charge in [0.15, 0.2) is 17.5 Å². The lowest BCUT2D eigenvalue weighted by atomic mass is 10.2. The lowest BCUT2D eigenvalue weighted by molar-refractivity contribution is 0.122. The minimum absolute atomic E-state index is 0.589. The molecule has 1 saturated heterocycles. The highest BCUT2D eigenvalue weighted by Crippen LogP contribution is 2.29. The summed E-state index contributed by atoms with van der Waals surface area (Å²) in [5.41, 5.74) is 3.27. The van der Waals surface area contributed by atoms with E-state index in [1.54, 1.807) is 14.2 Å². The van der Waals surface area contributed by atoms with Crippen LogP contribution in [0.5, 0.6) is 11.5 Å². The van der Waals surface area contributed by atoms with E-state index < -0.39 is 0 Å². The Bertz CT molecular complexity index is 802. The normalized spacial score (nSPS) is 14.4. The predicted octanol–water partition coefficient (Wildman–Crippen LogP) is 3.12. The Balaban J connectivity index is 1.65. The summed E-state index contributed by atoms with van der Waals surface area (Å²) in [6.07, 6.45) is 0. The number of guanidine groups is 1. The fourth-order valence-electron chi connectivity index (χ4n) is 3.16. The maximum atomic E-state index is 5.42. The van der Waals surface area contributed by atoms with Crippen LogP contribution >= 0.6 is 0 Å². The molecule has 1 aliphatic heterocycles. The van der Waals surface area contributed by atoms with Crippen LogP contribution in [-0.2, 0) is 11.3 Å². The highest BCUT2D eigenvalue weighted by molar-refractivity contribution is 5.93. The van der Waals surface area contributed by atoms with Crippen molar-refractivity contribution in [1.29, 1.82) is 0 Å². The van der Waals surface area contributed by atoms with Crippen LogP contribution in [0.2, 0.25) is 0 Å². The molecule has 1 heterocycles. The first-order valence-corrected chi connectivity index (χ1v) is 9.92. The summed E-state index contributed by atoms with van der Waals surface area (Å²) in [5.74, 6) is 2.09. The van der Waals surface area contributed by atoms with Crippen LogP contribution in [0.15, 0.2) is 47.5 Å². The number of morpholine rings is 1. The van der Waals surface area contributed by atoms with E-state index in [1.807, 2.05) is 25.1 Å². The number of hydrogen-bond donors (Lipinski definition) is 2. The molecule has 0 radical (unpaired) electrons. The summed E-state index contributed by atoms with van der Waals surface area (Å²) in [6.45, 7) is 6.87. The number of rotatable bonds is 7. The Morgan fingerprint density at radius 3 is 2.41 bits per heavy atom. The second-order valence-electron chi connectivity index (χ2n) is 6.66. The van der Waals surface area contributed by atoms with Crippen molar-refractivity contribution < 1.29 is 14.2 Å².